The number of nitrogens with zero attached hydrogens (tertiary/aromatic N) is 1. The van der Waals surface area contributed by atoms with Crippen LogP contribution in [0.15, 0.2) is 30.3 Å². The van der Waals surface area contributed by atoms with Gasteiger partial charge in [-0.15, -0.1) is 0 Å². The Morgan fingerprint density at radius 1 is 1.37 bits per heavy atom. The molecule has 2 aliphatic rings. The molecular formula is C15H19NO3. The second-order valence-corrected chi connectivity index (χ2v) is 5.47. The summed E-state index contributed by atoms with van der Waals surface area (Å²) >= 11 is 0. The van der Waals surface area contributed by atoms with Crippen molar-refractivity contribution >= 4 is 5.97 Å². The highest BCUT2D eigenvalue weighted by Crippen LogP contribution is 2.43. The number of ether oxygens (including phenoxy) is 1. The van der Waals surface area contributed by atoms with E-state index in [9.17, 15) is 4.79 Å². The van der Waals surface area contributed by atoms with Crippen molar-refractivity contribution < 1.29 is 14.6 Å². The summed E-state index contributed by atoms with van der Waals surface area (Å²) in [4.78, 5) is 13.3. The molecule has 0 spiro atoms. The van der Waals surface area contributed by atoms with Gasteiger partial charge in [0, 0.05) is 25.6 Å². The SMILES string of the molecule is O=C(O)C1CC1C1CN(Cc2ccccc2)CCO1. The Kier molecular flexibility index (Phi) is 3.53. The van der Waals surface area contributed by atoms with Crippen LogP contribution in [0.1, 0.15) is 12.0 Å². The molecule has 0 aromatic heterocycles. The third kappa shape index (κ3) is 2.96. The Morgan fingerprint density at radius 2 is 2.16 bits per heavy atom. The lowest BCUT2D eigenvalue weighted by atomic mass is 10.1. The Hall–Kier alpha value is -1.39. The molecule has 1 aromatic rings. The first-order valence-corrected chi connectivity index (χ1v) is 6.85. The van der Waals surface area contributed by atoms with E-state index >= 15 is 0 Å². The molecule has 1 N–H and O–H groups in total. The van der Waals surface area contributed by atoms with Crippen LogP contribution in [0.5, 0.6) is 0 Å². The number of morpholine rings is 1. The monoisotopic (exact) mass is 261 g/mol. The molecule has 1 aromatic carbocycles. The largest absolute Gasteiger partial charge is 0.481 e. The standard InChI is InChI=1S/C15H19NO3/c17-15(18)13-8-12(13)14-10-16(6-7-19-14)9-11-4-2-1-3-5-11/h1-5,12-14H,6-10H2,(H,17,18). The van der Waals surface area contributed by atoms with Gasteiger partial charge in [-0.25, -0.2) is 0 Å². The average Bonchev–Trinajstić information content (AvgIpc) is 3.20. The van der Waals surface area contributed by atoms with Gasteiger partial charge in [-0.05, 0) is 12.0 Å². The van der Waals surface area contributed by atoms with Gasteiger partial charge in [0.15, 0.2) is 0 Å². The lowest BCUT2D eigenvalue weighted by molar-refractivity contribution is -0.139. The zero-order valence-corrected chi connectivity index (χ0v) is 10.9. The maximum atomic E-state index is 10.9. The average molecular weight is 261 g/mol. The van der Waals surface area contributed by atoms with Crippen molar-refractivity contribution in [1.82, 2.24) is 4.90 Å². The summed E-state index contributed by atoms with van der Waals surface area (Å²) < 4.78 is 5.75. The van der Waals surface area contributed by atoms with Gasteiger partial charge in [-0.1, -0.05) is 30.3 Å². The van der Waals surface area contributed by atoms with E-state index in [-0.39, 0.29) is 17.9 Å². The van der Waals surface area contributed by atoms with Crippen LogP contribution in [0.4, 0.5) is 0 Å². The third-order valence-electron chi connectivity index (χ3n) is 4.06. The van der Waals surface area contributed by atoms with E-state index in [1.165, 1.54) is 5.56 Å². The number of carboxylic acid groups (broad SMARTS) is 1. The molecule has 1 saturated carbocycles. The Labute approximate surface area is 113 Å². The molecule has 4 nitrogen and oxygen atoms in total. The first-order valence-electron chi connectivity index (χ1n) is 6.85. The van der Waals surface area contributed by atoms with Crippen LogP contribution in [0.3, 0.4) is 0 Å². The smallest absolute Gasteiger partial charge is 0.306 e. The molecule has 3 unspecified atom stereocenters. The molecule has 3 atom stereocenters. The van der Waals surface area contributed by atoms with Crippen molar-refractivity contribution in [3.8, 4) is 0 Å². The van der Waals surface area contributed by atoms with Crippen LogP contribution in [0.2, 0.25) is 0 Å². The molecule has 1 saturated heterocycles. The van der Waals surface area contributed by atoms with Gasteiger partial charge in [-0.3, -0.25) is 9.69 Å². The summed E-state index contributed by atoms with van der Waals surface area (Å²) in [5, 5.41) is 8.99. The van der Waals surface area contributed by atoms with Crippen LogP contribution < -0.4 is 0 Å². The fraction of sp³-hybridized carbons (Fsp3) is 0.533. The molecule has 0 bridgehead atoms. The van der Waals surface area contributed by atoms with Gasteiger partial charge in [0.25, 0.3) is 0 Å². The summed E-state index contributed by atoms with van der Waals surface area (Å²) in [7, 11) is 0. The maximum absolute atomic E-state index is 10.9. The molecule has 102 valence electrons. The molecule has 0 amide bonds. The van der Waals surface area contributed by atoms with Gasteiger partial charge in [0.1, 0.15) is 0 Å². The first-order chi connectivity index (χ1) is 9.24. The topological polar surface area (TPSA) is 49.8 Å². The highest BCUT2D eigenvalue weighted by molar-refractivity contribution is 5.73. The van der Waals surface area contributed by atoms with Crippen LogP contribution in [-0.4, -0.2) is 41.8 Å². The van der Waals surface area contributed by atoms with Gasteiger partial charge < -0.3 is 9.84 Å². The predicted molar refractivity (Wildman–Crippen MR) is 70.7 cm³/mol. The summed E-state index contributed by atoms with van der Waals surface area (Å²) in [5.41, 5.74) is 1.30. The fourth-order valence-electron chi connectivity index (χ4n) is 2.89. The number of rotatable bonds is 4. The molecular weight excluding hydrogens is 242 g/mol. The molecule has 1 aliphatic carbocycles. The van der Waals surface area contributed by atoms with Gasteiger partial charge >= 0.3 is 5.97 Å². The van der Waals surface area contributed by atoms with Gasteiger partial charge in [-0.2, -0.15) is 0 Å². The molecule has 0 radical (unpaired) electrons. The minimum Gasteiger partial charge on any atom is -0.481 e. The van der Waals surface area contributed by atoms with Gasteiger partial charge in [0.05, 0.1) is 18.6 Å². The Balaban J connectivity index is 1.55. The number of aliphatic carboxylic acids is 1. The zero-order valence-electron chi connectivity index (χ0n) is 10.9. The van der Waals surface area contributed by atoms with Crippen molar-refractivity contribution in [3.05, 3.63) is 35.9 Å². The molecule has 2 fully saturated rings. The maximum Gasteiger partial charge on any atom is 0.306 e. The van der Waals surface area contributed by atoms with Crippen molar-refractivity contribution in [3.63, 3.8) is 0 Å². The van der Waals surface area contributed by atoms with Crippen molar-refractivity contribution in [2.45, 2.75) is 19.1 Å². The number of benzene rings is 1. The molecule has 4 heteroatoms. The summed E-state index contributed by atoms with van der Waals surface area (Å²) in [6, 6.07) is 10.4. The highest BCUT2D eigenvalue weighted by Gasteiger charge is 2.49. The second kappa shape index (κ2) is 5.31. The van der Waals surface area contributed by atoms with E-state index in [1.807, 2.05) is 6.07 Å². The van der Waals surface area contributed by atoms with Crippen LogP contribution in [0.25, 0.3) is 0 Å². The Morgan fingerprint density at radius 3 is 2.84 bits per heavy atom. The third-order valence-corrected chi connectivity index (χ3v) is 4.06. The van der Waals surface area contributed by atoms with Crippen LogP contribution >= 0.6 is 0 Å². The zero-order chi connectivity index (χ0) is 13.2. The lowest BCUT2D eigenvalue weighted by Gasteiger charge is -2.33. The van der Waals surface area contributed by atoms with Crippen molar-refractivity contribution in [2.24, 2.45) is 11.8 Å². The normalized spacial score (nSPS) is 31.1. The number of carboxylic acids is 1. The minimum atomic E-state index is -0.672. The first kappa shape index (κ1) is 12.6. The van der Waals surface area contributed by atoms with Crippen molar-refractivity contribution in [2.75, 3.05) is 19.7 Å². The van der Waals surface area contributed by atoms with E-state index in [4.69, 9.17) is 9.84 Å². The quantitative estimate of drug-likeness (QED) is 0.894. The predicted octanol–water partition coefficient (Wildman–Crippen LogP) is 1.61. The minimum absolute atomic E-state index is 0.0959. The van der Waals surface area contributed by atoms with Crippen molar-refractivity contribution in [1.29, 1.82) is 0 Å². The molecule has 3 rings (SSSR count). The molecule has 19 heavy (non-hydrogen) atoms. The number of carbonyl (C=O) groups is 1. The van der Waals surface area contributed by atoms with E-state index in [2.05, 4.69) is 29.2 Å². The second-order valence-electron chi connectivity index (χ2n) is 5.47. The van der Waals surface area contributed by atoms with E-state index in [1.54, 1.807) is 0 Å². The van der Waals surface area contributed by atoms with Crippen LogP contribution in [0, 0.1) is 11.8 Å². The molecule has 1 aliphatic heterocycles. The highest BCUT2D eigenvalue weighted by atomic mass is 16.5. The van der Waals surface area contributed by atoms with E-state index in [0.717, 1.165) is 26.1 Å². The van der Waals surface area contributed by atoms with E-state index < -0.39 is 5.97 Å². The summed E-state index contributed by atoms with van der Waals surface area (Å²) in [5.74, 6) is -0.633. The number of hydrogen-bond donors (Lipinski definition) is 1. The Bertz CT molecular complexity index is 448. The van der Waals surface area contributed by atoms with E-state index in [0.29, 0.717) is 6.61 Å². The molecule has 1 heterocycles. The fourth-order valence-corrected chi connectivity index (χ4v) is 2.89. The lowest BCUT2D eigenvalue weighted by Crippen LogP contribution is -2.43. The van der Waals surface area contributed by atoms with Crippen LogP contribution in [-0.2, 0) is 16.1 Å². The van der Waals surface area contributed by atoms with Gasteiger partial charge in [0.2, 0.25) is 0 Å². The summed E-state index contributed by atoms with van der Waals surface area (Å²) in [6.45, 7) is 3.41. The summed E-state index contributed by atoms with van der Waals surface area (Å²) in [6.07, 6.45) is 0.873. The number of hydrogen-bond acceptors (Lipinski definition) is 3.